The number of anilines is 1. The highest BCUT2D eigenvalue weighted by Crippen LogP contribution is 2.18. The molecule has 0 radical (unpaired) electrons. The van der Waals surface area contributed by atoms with Crippen LogP contribution in [0.5, 0.6) is 0 Å². The molecule has 2 heterocycles. The highest BCUT2D eigenvalue weighted by Gasteiger charge is 2.08. The van der Waals surface area contributed by atoms with Gasteiger partial charge in [0.15, 0.2) is 0 Å². The van der Waals surface area contributed by atoms with Gasteiger partial charge in [-0.1, -0.05) is 6.92 Å². The Balaban J connectivity index is 2.07. The molecule has 19 heavy (non-hydrogen) atoms. The molecular weight excluding hydrogens is 238 g/mol. The van der Waals surface area contributed by atoms with E-state index in [1.807, 2.05) is 19.3 Å². The van der Waals surface area contributed by atoms with Crippen LogP contribution in [0.2, 0.25) is 0 Å². The van der Waals surface area contributed by atoms with Crippen molar-refractivity contribution in [1.29, 1.82) is 0 Å². The Morgan fingerprint density at radius 1 is 1.37 bits per heavy atom. The van der Waals surface area contributed by atoms with Gasteiger partial charge in [-0.15, -0.1) is 0 Å². The van der Waals surface area contributed by atoms with Crippen molar-refractivity contribution in [3.63, 3.8) is 0 Å². The average molecular weight is 259 g/mol. The minimum absolute atomic E-state index is 0.802. The number of hydrogen-bond acceptors (Lipinski definition) is 4. The fourth-order valence-corrected chi connectivity index (χ4v) is 2.12. The first-order chi connectivity index (χ1) is 9.20. The van der Waals surface area contributed by atoms with Crippen molar-refractivity contribution < 1.29 is 4.42 Å². The van der Waals surface area contributed by atoms with Gasteiger partial charge in [-0.2, -0.15) is 0 Å². The second-order valence-corrected chi connectivity index (χ2v) is 4.75. The summed E-state index contributed by atoms with van der Waals surface area (Å²) in [4.78, 5) is 6.70. The molecule has 0 aromatic carbocycles. The minimum atomic E-state index is 0.802. The highest BCUT2D eigenvalue weighted by molar-refractivity contribution is 5.47. The van der Waals surface area contributed by atoms with Crippen molar-refractivity contribution >= 4 is 5.82 Å². The quantitative estimate of drug-likeness (QED) is 0.866. The minimum Gasteiger partial charge on any atom is -0.472 e. The van der Waals surface area contributed by atoms with Crippen molar-refractivity contribution in [3.05, 3.63) is 47.5 Å². The number of furan rings is 1. The third kappa shape index (κ3) is 3.58. The van der Waals surface area contributed by atoms with Crippen molar-refractivity contribution in [2.24, 2.45) is 0 Å². The van der Waals surface area contributed by atoms with E-state index >= 15 is 0 Å². The van der Waals surface area contributed by atoms with Crippen LogP contribution >= 0.6 is 0 Å². The van der Waals surface area contributed by atoms with Crippen molar-refractivity contribution in [3.8, 4) is 0 Å². The lowest BCUT2D eigenvalue weighted by Gasteiger charge is -2.20. The SMILES string of the molecule is CCNCc1cnc(N(C)Cc2ccoc2)c(C)c1. The maximum Gasteiger partial charge on any atom is 0.131 e. The second-order valence-electron chi connectivity index (χ2n) is 4.75. The summed E-state index contributed by atoms with van der Waals surface area (Å²) in [5.74, 6) is 1.02. The summed E-state index contributed by atoms with van der Waals surface area (Å²) >= 11 is 0. The lowest BCUT2D eigenvalue weighted by Crippen LogP contribution is -2.19. The van der Waals surface area contributed by atoms with Gasteiger partial charge >= 0.3 is 0 Å². The largest absolute Gasteiger partial charge is 0.472 e. The van der Waals surface area contributed by atoms with Gasteiger partial charge < -0.3 is 14.6 Å². The Bertz CT molecular complexity index is 508. The van der Waals surface area contributed by atoms with E-state index in [-0.39, 0.29) is 0 Å². The normalized spacial score (nSPS) is 10.7. The number of hydrogen-bond donors (Lipinski definition) is 1. The second kappa shape index (κ2) is 6.38. The van der Waals surface area contributed by atoms with Gasteiger partial charge in [0.05, 0.1) is 12.5 Å². The van der Waals surface area contributed by atoms with E-state index in [4.69, 9.17) is 4.42 Å². The Hall–Kier alpha value is -1.81. The summed E-state index contributed by atoms with van der Waals surface area (Å²) in [7, 11) is 2.05. The van der Waals surface area contributed by atoms with Gasteiger partial charge in [0.1, 0.15) is 5.82 Å². The summed E-state index contributed by atoms with van der Waals surface area (Å²) in [6.45, 7) is 6.85. The van der Waals surface area contributed by atoms with Crippen LogP contribution < -0.4 is 10.2 Å². The van der Waals surface area contributed by atoms with Gasteiger partial charge in [-0.05, 0) is 36.7 Å². The maximum atomic E-state index is 5.09. The summed E-state index contributed by atoms with van der Waals surface area (Å²) < 4.78 is 5.09. The molecule has 0 aliphatic heterocycles. The molecule has 0 amide bonds. The molecule has 4 heteroatoms. The van der Waals surface area contributed by atoms with Crippen LogP contribution in [0.25, 0.3) is 0 Å². The van der Waals surface area contributed by atoms with Gasteiger partial charge in [0.25, 0.3) is 0 Å². The van der Waals surface area contributed by atoms with Crippen LogP contribution in [0.3, 0.4) is 0 Å². The molecular formula is C15H21N3O. The summed E-state index contributed by atoms with van der Waals surface area (Å²) in [5, 5.41) is 3.31. The maximum absolute atomic E-state index is 5.09. The zero-order chi connectivity index (χ0) is 13.7. The Morgan fingerprint density at radius 3 is 2.84 bits per heavy atom. The van der Waals surface area contributed by atoms with E-state index in [2.05, 4.69) is 35.1 Å². The van der Waals surface area contributed by atoms with Crippen LogP contribution in [-0.2, 0) is 13.1 Å². The molecule has 0 unspecified atom stereocenters. The van der Waals surface area contributed by atoms with Crippen LogP contribution in [0.15, 0.2) is 35.3 Å². The molecule has 4 nitrogen and oxygen atoms in total. The van der Waals surface area contributed by atoms with Crippen LogP contribution in [0, 0.1) is 6.92 Å². The molecule has 0 saturated heterocycles. The van der Waals surface area contributed by atoms with E-state index in [1.165, 1.54) is 11.1 Å². The van der Waals surface area contributed by atoms with E-state index in [0.717, 1.165) is 31.0 Å². The van der Waals surface area contributed by atoms with E-state index in [0.29, 0.717) is 0 Å². The van der Waals surface area contributed by atoms with Gasteiger partial charge in [0.2, 0.25) is 0 Å². The van der Waals surface area contributed by atoms with E-state index in [9.17, 15) is 0 Å². The number of rotatable bonds is 6. The number of nitrogens with zero attached hydrogens (tertiary/aromatic N) is 2. The Labute approximate surface area is 114 Å². The molecule has 0 fully saturated rings. The summed E-state index contributed by atoms with van der Waals surface area (Å²) in [6.07, 6.45) is 5.41. The number of pyridine rings is 1. The summed E-state index contributed by atoms with van der Waals surface area (Å²) in [5.41, 5.74) is 3.57. The topological polar surface area (TPSA) is 41.3 Å². The van der Waals surface area contributed by atoms with Crippen molar-refractivity contribution in [2.75, 3.05) is 18.5 Å². The van der Waals surface area contributed by atoms with Crippen LogP contribution in [-0.4, -0.2) is 18.6 Å². The fourth-order valence-electron chi connectivity index (χ4n) is 2.12. The Morgan fingerprint density at radius 2 is 2.21 bits per heavy atom. The van der Waals surface area contributed by atoms with Crippen LogP contribution in [0.4, 0.5) is 5.82 Å². The molecule has 102 valence electrons. The van der Waals surface area contributed by atoms with E-state index < -0.39 is 0 Å². The molecule has 0 aliphatic carbocycles. The van der Waals surface area contributed by atoms with Gasteiger partial charge in [-0.25, -0.2) is 4.98 Å². The number of aryl methyl sites for hydroxylation is 1. The van der Waals surface area contributed by atoms with E-state index in [1.54, 1.807) is 12.5 Å². The Kier molecular flexibility index (Phi) is 4.58. The third-order valence-corrected chi connectivity index (χ3v) is 3.05. The average Bonchev–Trinajstić information content (AvgIpc) is 2.89. The van der Waals surface area contributed by atoms with Gasteiger partial charge in [-0.3, -0.25) is 0 Å². The number of aromatic nitrogens is 1. The lowest BCUT2D eigenvalue weighted by atomic mass is 10.2. The smallest absolute Gasteiger partial charge is 0.131 e. The predicted molar refractivity (Wildman–Crippen MR) is 77.2 cm³/mol. The first kappa shape index (κ1) is 13.6. The number of nitrogens with one attached hydrogen (secondary N) is 1. The third-order valence-electron chi connectivity index (χ3n) is 3.05. The molecule has 2 rings (SSSR count). The van der Waals surface area contributed by atoms with Crippen LogP contribution in [0.1, 0.15) is 23.6 Å². The molecule has 2 aromatic rings. The highest BCUT2D eigenvalue weighted by atomic mass is 16.3. The monoisotopic (exact) mass is 259 g/mol. The molecule has 0 atom stereocenters. The summed E-state index contributed by atoms with van der Waals surface area (Å²) in [6, 6.07) is 4.17. The predicted octanol–water partition coefficient (Wildman–Crippen LogP) is 2.73. The zero-order valence-corrected chi connectivity index (χ0v) is 11.8. The van der Waals surface area contributed by atoms with Gasteiger partial charge in [0, 0.05) is 31.9 Å². The zero-order valence-electron chi connectivity index (χ0n) is 11.8. The first-order valence-electron chi connectivity index (χ1n) is 6.59. The van der Waals surface area contributed by atoms with Crippen molar-refractivity contribution in [1.82, 2.24) is 10.3 Å². The fraction of sp³-hybridized carbons (Fsp3) is 0.400. The lowest BCUT2D eigenvalue weighted by molar-refractivity contribution is 0.563. The molecule has 0 aliphatic rings. The standard InChI is InChI=1S/C15H21N3O/c1-4-16-8-14-7-12(2)15(17-9-14)18(3)10-13-5-6-19-11-13/h5-7,9,11,16H,4,8,10H2,1-3H3. The molecule has 0 bridgehead atoms. The van der Waals surface area contributed by atoms with Crippen molar-refractivity contribution in [2.45, 2.75) is 26.9 Å². The molecule has 0 saturated carbocycles. The molecule has 0 spiro atoms. The molecule has 2 aromatic heterocycles. The molecule has 1 N–H and O–H groups in total. The first-order valence-corrected chi connectivity index (χ1v) is 6.59.